The summed E-state index contributed by atoms with van der Waals surface area (Å²) in [7, 11) is -2.33. The van der Waals surface area contributed by atoms with E-state index in [0.29, 0.717) is 0 Å². The first-order valence-corrected chi connectivity index (χ1v) is 23.6. The third-order valence-corrected chi connectivity index (χ3v) is 20.9. The lowest BCUT2D eigenvalue weighted by molar-refractivity contribution is 0.516. The van der Waals surface area contributed by atoms with Crippen LogP contribution in [0.4, 0.5) is 0 Å². The molecule has 0 radical (unpaired) electrons. The zero-order valence-electron chi connectivity index (χ0n) is 28.7. The van der Waals surface area contributed by atoms with Gasteiger partial charge in [0, 0.05) is 0 Å². The highest BCUT2D eigenvalue weighted by atomic mass is 28.4. The minimum Gasteiger partial charge on any atom is -0.347 e. The molecule has 0 spiro atoms. The van der Waals surface area contributed by atoms with Gasteiger partial charge in [-0.15, -0.1) is 0 Å². The lowest BCUT2D eigenvalue weighted by Gasteiger charge is -2.48. The first-order valence-electron chi connectivity index (χ1n) is 18.9. The summed E-state index contributed by atoms with van der Waals surface area (Å²) in [6, 6.07) is 8.20. The van der Waals surface area contributed by atoms with Crippen LogP contribution in [0, 0.1) is 0 Å². The molecule has 0 heterocycles. The summed E-state index contributed by atoms with van der Waals surface area (Å²) in [5, 5.41) is 0. The van der Waals surface area contributed by atoms with Crippen molar-refractivity contribution in [3.63, 3.8) is 0 Å². The average molecular weight is 582 g/mol. The summed E-state index contributed by atoms with van der Waals surface area (Å²) in [4.78, 5) is 0. The van der Waals surface area contributed by atoms with Crippen LogP contribution in [0.3, 0.4) is 0 Å². The number of nitrogens with zero attached hydrogens (tertiary/aromatic N) is 1. The Kier molecular flexibility index (Phi) is 30.2. The Bertz CT molecular complexity index is 426. The van der Waals surface area contributed by atoms with E-state index < -0.39 is 17.2 Å². The van der Waals surface area contributed by atoms with Crippen molar-refractivity contribution in [2.45, 2.75) is 226 Å². The molecule has 0 bridgehead atoms. The molecule has 236 valence electrons. The second-order valence-corrected chi connectivity index (χ2v) is 21.4. The molecular weight excluding hydrogens is 503 g/mol. The largest absolute Gasteiger partial charge is 0.347 e. The normalized spacial score (nSPS) is 12.3. The Morgan fingerprint density at radius 1 is 0.359 bits per heavy atom. The van der Waals surface area contributed by atoms with Gasteiger partial charge >= 0.3 is 0 Å². The molecule has 3 heteroatoms. The molecular formula is C36H79NSi2. The van der Waals surface area contributed by atoms with E-state index >= 15 is 0 Å². The van der Waals surface area contributed by atoms with Gasteiger partial charge in [-0.3, -0.25) is 0 Å². The van der Waals surface area contributed by atoms with E-state index in [0.717, 1.165) is 0 Å². The lowest BCUT2D eigenvalue weighted by atomic mass is 10.2. The third kappa shape index (κ3) is 20.8. The minimum atomic E-state index is -1.44. The first-order chi connectivity index (χ1) is 19.2. The van der Waals surface area contributed by atoms with Crippen LogP contribution in [-0.4, -0.2) is 28.0 Å². The van der Waals surface area contributed by atoms with E-state index in [9.17, 15) is 0 Å². The Hall–Kier alpha value is 0.394. The minimum absolute atomic E-state index is 0.892. The van der Waals surface area contributed by atoms with Crippen molar-refractivity contribution >= 4 is 17.2 Å². The molecule has 39 heavy (non-hydrogen) atoms. The number of hydrogen-bond acceptors (Lipinski definition) is 1. The van der Waals surface area contributed by atoms with Crippen LogP contribution >= 0.6 is 0 Å². The fraction of sp³-hybridized carbons (Fsp3) is 1.00. The van der Waals surface area contributed by atoms with Crippen molar-refractivity contribution in [1.29, 1.82) is 0 Å². The molecule has 0 saturated heterocycles. The van der Waals surface area contributed by atoms with Gasteiger partial charge in [0.05, 0.1) is 0 Å². The highest BCUT2D eigenvalue weighted by molar-refractivity contribution is 6.85. The summed E-state index contributed by atoms with van der Waals surface area (Å²) >= 11 is 0. The predicted molar refractivity (Wildman–Crippen MR) is 188 cm³/mol. The monoisotopic (exact) mass is 582 g/mol. The van der Waals surface area contributed by atoms with Crippen LogP contribution in [0.2, 0.25) is 30.2 Å². The molecule has 0 fully saturated rings. The second kappa shape index (κ2) is 29.9. The average Bonchev–Trinajstić information content (AvgIpc) is 2.95. The van der Waals surface area contributed by atoms with Gasteiger partial charge in [-0.2, -0.15) is 0 Å². The summed E-state index contributed by atoms with van der Waals surface area (Å²) < 4.78 is 3.53. The maximum absolute atomic E-state index is 3.53. The quantitative estimate of drug-likeness (QED) is 0.0564. The summed E-state index contributed by atoms with van der Waals surface area (Å²) in [5.74, 6) is 0. The summed E-state index contributed by atoms with van der Waals surface area (Å²) in [6.45, 7) is 15.9. The third-order valence-electron chi connectivity index (χ3n) is 9.57. The SMILES string of the molecule is CCCCCCN([SiH](CCCCCC)CCCCCC)[Si](CCCCCC)(CCCCCC)CCCCCC. The van der Waals surface area contributed by atoms with Crippen LogP contribution in [0.5, 0.6) is 0 Å². The van der Waals surface area contributed by atoms with E-state index in [4.69, 9.17) is 0 Å². The number of unbranched alkanes of at least 4 members (excludes halogenated alkanes) is 18. The van der Waals surface area contributed by atoms with Gasteiger partial charge in [-0.05, 0) is 43.2 Å². The molecule has 0 N–H and O–H groups in total. The highest BCUT2D eigenvalue weighted by Gasteiger charge is 2.41. The van der Waals surface area contributed by atoms with E-state index in [2.05, 4.69) is 45.8 Å². The van der Waals surface area contributed by atoms with Crippen molar-refractivity contribution in [3.05, 3.63) is 0 Å². The smallest absolute Gasteiger partial charge is 0.121 e. The molecule has 0 rings (SSSR count). The Balaban J connectivity index is 6.16. The molecule has 0 amide bonds. The lowest BCUT2D eigenvalue weighted by Crippen LogP contribution is -2.60. The van der Waals surface area contributed by atoms with Crippen molar-refractivity contribution in [2.24, 2.45) is 0 Å². The predicted octanol–water partition coefficient (Wildman–Crippen LogP) is 13.4. The molecule has 0 aliphatic heterocycles. The molecule has 0 aliphatic rings. The fourth-order valence-corrected chi connectivity index (χ4v) is 20.0. The van der Waals surface area contributed by atoms with Gasteiger partial charge in [0.15, 0.2) is 0 Å². The van der Waals surface area contributed by atoms with E-state index in [1.807, 2.05) is 0 Å². The first kappa shape index (κ1) is 39.4. The zero-order chi connectivity index (χ0) is 28.9. The fourth-order valence-electron chi connectivity index (χ4n) is 7.03. The van der Waals surface area contributed by atoms with Crippen molar-refractivity contribution < 1.29 is 0 Å². The van der Waals surface area contributed by atoms with Crippen LogP contribution in [0.15, 0.2) is 0 Å². The molecule has 0 saturated carbocycles. The second-order valence-electron chi connectivity index (χ2n) is 13.3. The molecule has 0 aromatic carbocycles. The molecule has 0 aromatic rings. The summed E-state index contributed by atoms with van der Waals surface area (Å²) in [5.41, 5.74) is 0. The maximum atomic E-state index is 3.53. The topological polar surface area (TPSA) is 3.24 Å². The van der Waals surface area contributed by atoms with Gasteiger partial charge in [0.25, 0.3) is 0 Å². The van der Waals surface area contributed by atoms with E-state index in [1.54, 1.807) is 49.5 Å². The molecule has 0 unspecified atom stereocenters. The van der Waals surface area contributed by atoms with Gasteiger partial charge in [-0.1, -0.05) is 189 Å². The van der Waals surface area contributed by atoms with Crippen LogP contribution < -0.4 is 0 Å². The molecule has 0 aliphatic carbocycles. The maximum Gasteiger partial charge on any atom is 0.121 e. The van der Waals surface area contributed by atoms with Crippen molar-refractivity contribution in [3.8, 4) is 0 Å². The number of hydrogen-bond donors (Lipinski definition) is 0. The van der Waals surface area contributed by atoms with Gasteiger partial charge in [0.1, 0.15) is 17.2 Å². The molecule has 0 atom stereocenters. The number of rotatable bonds is 32. The molecule has 1 nitrogen and oxygen atoms in total. The summed E-state index contributed by atoms with van der Waals surface area (Å²) in [6.07, 6.45) is 35.2. The van der Waals surface area contributed by atoms with Crippen LogP contribution in [-0.2, 0) is 0 Å². The Labute approximate surface area is 253 Å². The Morgan fingerprint density at radius 3 is 1.00 bits per heavy atom. The van der Waals surface area contributed by atoms with Crippen molar-refractivity contribution in [2.75, 3.05) is 6.54 Å². The van der Waals surface area contributed by atoms with Gasteiger partial charge in [-0.25, -0.2) is 0 Å². The zero-order valence-corrected chi connectivity index (χ0v) is 30.9. The van der Waals surface area contributed by atoms with Crippen LogP contribution in [0.1, 0.15) is 196 Å². The van der Waals surface area contributed by atoms with Gasteiger partial charge in [0.2, 0.25) is 0 Å². The highest BCUT2D eigenvalue weighted by Crippen LogP contribution is 2.36. The Morgan fingerprint density at radius 2 is 0.667 bits per heavy atom. The van der Waals surface area contributed by atoms with Crippen molar-refractivity contribution in [1.82, 2.24) is 4.23 Å². The standard InChI is InChI=1S/C36H79NSi2/c1-7-13-19-25-31-37(38(32-26-20-14-8-2)33-27-21-15-9-3)39(34-28-22-16-10-4,35-29-23-17-11-5)36-30-24-18-12-6/h38H,7-36H2,1-6H3. The molecule has 0 aromatic heterocycles. The van der Waals surface area contributed by atoms with Gasteiger partial charge < -0.3 is 4.23 Å². The van der Waals surface area contributed by atoms with E-state index in [-0.39, 0.29) is 0 Å². The van der Waals surface area contributed by atoms with E-state index in [1.165, 1.54) is 141 Å². The van der Waals surface area contributed by atoms with Crippen LogP contribution in [0.25, 0.3) is 0 Å².